The molecule has 0 fully saturated rings. The maximum absolute atomic E-state index is 14.7. The highest BCUT2D eigenvalue weighted by Gasteiger charge is 2.20. The van der Waals surface area contributed by atoms with Crippen LogP contribution in [0.3, 0.4) is 0 Å². The van der Waals surface area contributed by atoms with Crippen LogP contribution in [0.25, 0.3) is 33.4 Å². The molecule has 2 aromatic carbocycles. The van der Waals surface area contributed by atoms with Gasteiger partial charge in [0.15, 0.2) is 5.82 Å². The van der Waals surface area contributed by atoms with E-state index in [1.54, 1.807) is 4.68 Å². The predicted octanol–water partition coefficient (Wildman–Crippen LogP) is 5.19. The molecular weight excluding hydrogens is 531 g/mol. The number of hydrogen-bond acceptors (Lipinski definition) is 7. The molecule has 0 aliphatic carbocycles. The molecule has 0 aliphatic heterocycles. The molecule has 0 unspecified atom stereocenters. The van der Waals surface area contributed by atoms with Gasteiger partial charge in [-0.2, -0.15) is 5.10 Å². The third-order valence-corrected chi connectivity index (χ3v) is 6.98. The van der Waals surface area contributed by atoms with Crippen LogP contribution in [0.15, 0.2) is 59.7 Å². The molecule has 3 aromatic heterocycles. The van der Waals surface area contributed by atoms with Gasteiger partial charge in [0.25, 0.3) is 0 Å². The highest BCUT2D eigenvalue weighted by molar-refractivity contribution is 6.12. The average molecular weight is 569 g/mol. The number of rotatable bonds is 11. The number of nitrogens with one attached hydrogen (secondary N) is 2. The number of fused-ring (bicyclic) bond motifs is 1. The van der Waals surface area contributed by atoms with Crippen LogP contribution < -0.4 is 5.32 Å². The van der Waals surface area contributed by atoms with Gasteiger partial charge in [0.05, 0.1) is 34.7 Å². The SMILES string of the molecule is CCCN=C(c1nc2c(-c3cc(F)cc(NCCN(C)C)c3)cccc2[nH]1)c1nc(-c2cn(C)nc2CO)ccc1C. The molecule has 0 aliphatic rings. The number of aromatic amines is 1. The Balaban J connectivity index is 1.58. The van der Waals surface area contributed by atoms with Crippen molar-refractivity contribution in [2.24, 2.45) is 12.0 Å². The van der Waals surface area contributed by atoms with Gasteiger partial charge in [-0.05, 0) is 68.9 Å². The molecule has 218 valence electrons. The summed E-state index contributed by atoms with van der Waals surface area (Å²) >= 11 is 0. The van der Waals surface area contributed by atoms with E-state index in [0.717, 1.165) is 51.9 Å². The number of benzene rings is 2. The number of imidazole rings is 1. The lowest BCUT2D eigenvalue weighted by Gasteiger charge is -2.13. The van der Waals surface area contributed by atoms with E-state index in [9.17, 15) is 9.50 Å². The van der Waals surface area contributed by atoms with E-state index in [0.29, 0.717) is 41.7 Å². The Kier molecular flexibility index (Phi) is 8.75. The summed E-state index contributed by atoms with van der Waals surface area (Å²) in [6.45, 7) is 6.03. The Labute approximate surface area is 245 Å². The first kappa shape index (κ1) is 29.1. The van der Waals surface area contributed by atoms with Gasteiger partial charge in [-0.15, -0.1) is 0 Å². The lowest BCUT2D eigenvalue weighted by atomic mass is 10.0. The number of aryl methyl sites for hydroxylation is 2. The van der Waals surface area contributed by atoms with Gasteiger partial charge in [0, 0.05) is 49.7 Å². The lowest BCUT2D eigenvalue weighted by molar-refractivity contribution is 0.276. The normalized spacial score (nSPS) is 12.0. The summed E-state index contributed by atoms with van der Waals surface area (Å²) in [5, 5.41) is 17.5. The molecule has 0 saturated carbocycles. The average Bonchev–Trinajstić information content (AvgIpc) is 3.56. The standard InChI is InChI=1S/C32H37FN8O/c1-6-12-35-31(29-20(2)10-11-26(36-29)25-18-41(5)39-28(25)19-42)32-37-27-9-7-8-24(30(27)38-32)21-15-22(33)17-23(16-21)34-13-14-40(3)4/h7-11,15-18,34,42H,6,12-14,19H2,1-5H3,(H,37,38). The smallest absolute Gasteiger partial charge is 0.158 e. The van der Waals surface area contributed by atoms with Crippen molar-refractivity contribution in [3.05, 3.63) is 83.3 Å². The molecule has 5 aromatic rings. The molecule has 3 N–H and O–H groups in total. The van der Waals surface area contributed by atoms with Gasteiger partial charge in [-0.3, -0.25) is 9.67 Å². The maximum atomic E-state index is 14.7. The topological polar surface area (TPSA) is 107 Å². The van der Waals surface area contributed by atoms with Crippen LogP contribution in [0.5, 0.6) is 0 Å². The van der Waals surface area contributed by atoms with E-state index < -0.39 is 0 Å². The summed E-state index contributed by atoms with van der Waals surface area (Å²) in [5.74, 6) is 0.278. The number of aliphatic hydroxyl groups excluding tert-OH is 1. The number of para-hydroxylation sites is 1. The predicted molar refractivity (Wildman–Crippen MR) is 166 cm³/mol. The second kappa shape index (κ2) is 12.6. The third kappa shape index (κ3) is 6.24. The monoisotopic (exact) mass is 568 g/mol. The minimum atomic E-state index is -0.313. The van der Waals surface area contributed by atoms with E-state index in [2.05, 4.69) is 27.2 Å². The van der Waals surface area contributed by atoms with Crippen molar-refractivity contribution in [3.63, 3.8) is 0 Å². The summed E-state index contributed by atoms with van der Waals surface area (Å²) in [5.41, 5.74) is 8.15. The quantitative estimate of drug-likeness (QED) is 0.190. The van der Waals surface area contributed by atoms with Crippen molar-refractivity contribution in [1.29, 1.82) is 0 Å². The van der Waals surface area contributed by atoms with E-state index in [1.165, 1.54) is 12.1 Å². The molecule has 10 heteroatoms. The molecule has 9 nitrogen and oxygen atoms in total. The number of hydrogen-bond donors (Lipinski definition) is 3. The highest BCUT2D eigenvalue weighted by atomic mass is 19.1. The first-order chi connectivity index (χ1) is 20.3. The van der Waals surface area contributed by atoms with Crippen molar-refractivity contribution >= 4 is 22.4 Å². The Morgan fingerprint density at radius 2 is 1.95 bits per heavy atom. The third-order valence-electron chi connectivity index (χ3n) is 6.98. The Morgan fingerprint density at radius 1 is 1.12 bits per heavy atom. The van der Waals surface area contributed by atoms with Gasteiger partial charge in [-0.1, -0.05) is 25.1 Å². The van der Waals surface area contributed by atoms with Crippen LogP contribution in [0, 0.1) is 12.7 Å². The number of likely N-dealkylation sites (N-methyl/N-ethyl adjacent to an activating group) is 1. The molecule has 5 rings (SSSR count). The minimum absolute atomic E-state index is 0.183. The second-order valence-electron chi connectivity index (χ2n) is 10.7. The van der Waals surface area contributed by atoms with E-state index in [1.807, 2.05) is 70.7 Å². The number of anilines is 1. The van der Waals surface area contributed by atoms with Crippen molar-refractivity contribution in [2.45, 2.75) is 26.9 Å². The molecule has 0 amide bonds. The summed E-state index contributed by atoms with van der Waals surface area (Å²) in [7, 11) is 5.83. The van der Waals surface area contributed by atoms with Gasteiger partial charge in [-0.25, -0.2) is 14.4 Å². The van der Waals surface area contributed by atoms with Gasteiger partial charge >= 0.3 is 0 Å². The van der Waals surface area contributed by atoms with Crippen molar-refractivity contribution in [1.82, 2.24) is 29.6 Å². The maximum Gasteiger partial charge on any atom is 0.158 e. The summed E-state index contributed by atoms with van der Waals surface area (Å²) in [4.78, 5) is 20.4. The number of halogens is 1. The molecule has 0 spiro atoms. The zero-order valence-electron chi connectivity index (χ0n) is 24.7. The number of aliphatic hydroxyl groups is 1. The van der Waals surface area contributed by atoms with E-state index in [4.69, 9.17) is 15.0 Å². The highest BCUT2D eigenvalue weighted by Crippen LogP contribution is 2.31. The van der Waals surface area contributed by atoms with Gasteiger partial charge in [0.2, 0.25) is 0 Å². The molecule has 0 atom stereocenters. The molecule has 0 bridgehead atoms. The number of aliphatic imine (C=N–C) groups is 1. The van der Waals surface area contributed by atoms with Crippen molar-refractivity contribution in [2.75, 3.05) is 39.0 Å². The number of nitrogens with zero attached hydrogens (tertiary/aromatic N) is 6. The first-order valence-electron chi connectivity index (χ1n) is 14.1. The zero-order chi connectivity index (χ0) is 29.8. The minimum Gasteiger partial charge on any atom is -0.390 e. The largest absolute Gasteiger partial charge is 0.390 e. The Morgan fingerprint density at radius 3 is 2.71 bits per heavy atom. The Bertz CT molecular complexity index is 1740. The number of pyridine rings is 1. The Hall–Kier alpha value is -4.41. The molecule has 0 radical (unpaired) electrons. The van der Waals surface area contributed by atoms with E-state index >= 15 is 0 Å². The fourth-order valence-corrected chi connectivity index (χ4v) is 4.92. The van der Waals surface area contributed by atoms with Crippen molar-refractivity contribution in [3.8, 4) is 22.4 Å². The molecule has 3 heterocycles. The summed E-state index contributed by atoms with van der Waals surface area (Å²) in [6.07, 6.45) is 2.71. The number of aromatic nitrogens is 5. The van der Waals surface area contributed by atoms with Crippen LogP contribution >= 0.6 is 0 Å². The molecule has 42 heavy (non-hydrogen) atoms. The van der Waals surface area contributed by atoms with Gasteiger partial charge < -0.3 is 20.3 Å². The summed E-state index contributed by atoms with van der Waals surface area (Å²) < 4.78 is 16.4. The van der Waals surface area contributed by atoms with E-state index in [-0.39, 0.29) is 12.4 Å². The fourth-order valence-electron chi connectivity index (χ4n) is 4.92. The van der Waals surface area contributed by atoms with Crippen LogP contribution in [0.2, 0.25) is 0 Å². The summed E-state index contributed by atoms with van der Waals surface area (Å²) in [6, 6.07) is 14.8. The van der Waals surface area contributed by atoms with Crippen LogP contribution in [0.4, 0.5) is 10.1 Å². The van der Waals surface area contributed by atoms with Crippen LogP contribution in [0.1, 0.15) is 36.1 Å². The van der Waals surface area contributed by atoms with Crippen LogP contribution in [-0.4, -0.2) is 74.2 Å². The zero-order valence-corrected chi connectivity index (χ0v) is 24.7. The lowest BCUT2D eigenvalue weighted by Crippen LogP contribution is -2.20. The van der Waals surface area contributed by atoms with Crippen LogP contribution in [-0.2, 0) is 13.7 Å². The first-order valence-corrected chi connectivity index (χ1v) is 14.1. The van der Waals surface area contributed by atoms with Gasteiger partial charge in [0.1, 0.15) is 11.5 Å². The molecular formula is C32H37FN8O. The number of H-pyrrole nitrogens is 1. The van der Waals surface area contributed by atoms with Crippen molar-refractivity contribution < 1.29 is 9.50 Å². The second-order valence-corrected chi connectivity index (χ2v) is 10.7. The molecule has 0 saturated heterocycles. The fraction of sp³-hybridized carbons (Fsp3) is 0.312.